The lowest BCUT2D eigenvalue weighted by molar-refractivity contribution is -0.140. The summed E-state index contributed by atoms with van der Waals surface area (Å²) in [6.07, 6.45) is -3.39. The van der Waals surface area contributed by atoms with E-state index < -0.39 is 35.6 Å². The van der Waals surface area contributed by atoms with Crippen molar-refractivity contribution in [2.24, 2.45) is 0 Å². The summed E-state index contributed by atoms with van der Waals surface area (Å²) < 4.78 is 54.5. The molecule has 0 atom stereocenters. The van der Waals surface area contributed by atoms with Gasteiger partial charge in [0.15, 0.2) is 0 Å². The van der Waals surface area contributed by atoms with E-state index in [9.17, 15) is 27.2 Å². The lowest BCUT2D eigenvalue weighted by Gasteiger charge is -2.35. The number of nitrogens with zero attached hydrogens (tertiary/aromatic N) is 4. The molecule has 1 aliphatic heterocycles. The SMILES string of the molecule is O=C(Cn1nc(C2CC2)cc(C(F)(F)F)c1=O)N1CCN(Cc2c(F)cccc2Cl)CC1. The summed E-state index contributed by atoms with van der Waals surface area (Å²) in [5.74, 6) is -0.992. The third kappa shape index (κ3) is 4.96. The van der Waals surface area contributed by atoms with Crippen LogP contribution in [0.15, 0.2) is 29.1 Å². The second-order valence-corrected chi connectivity index (χ2v) is 8.48. The molecule has 1 aliphatic carbocycles. The molecule has 2 aromatic rings. The molecule has 2 heterocycles. The normalized spacial score (nSPS) is 17.6. The van der Waals surface area contributed by atoms with E-state index in [1.54, 1.807) is 6.07 Å². The number of carbonyl (C=O) groups is 1. The van der Waals surface area contributed by atoms with Gasteiger partial charge in [-0.15, -0.1) is 0 Å². The van der Waals surface area contributed by atoms with Crippen molar-refractivity contribution >= 4 is 17.5 Å². The van der Waals surface area contributed by atoms with E-state index in [0.717, 1.165) is 6.07 Å². The fourth-order valence-corrected chi connectivity index (χ4v) is 3.96. The van der Waals surface area contributed by atoms with Gasteiger partial charge in [0, 0.05) is 49.2 Å². The van der Waals surface area contributed by atoms with Crippen LogP contribution in [-0.2, 0) is 24.1 Å². The fraction of sp³-hybridized carbons (Fsp3) is 0.476. The average molecular weight is 473 g/mol. The number of halogens is 5. The van der Waals surface area contributed by atoms with Gasteiger partial charge in [-0.05, 0) is 31.0 Å². The number of piperazine rings is 1. The van der Waals surface area contributed by atoms with E-state index >= 15 is 0 Å². The van der Waals surface area contributed by atoms with Crippen LogP contribution in [0.25, 0.3) is 0 Å². The van der Waals surface area contributed by atoms with Gasteiger partial charge in [0.05, 0.1) is 5.69 Å². The summed E-state index contributed by atoms with van der Waals surface area (Å²) in [7, 11) is 0. The van der Waals surface area contributed by atoms with Crippen molar-refractivity contribution in [2.75, 3.05) is 26.2 Å². The quantitative estimate of drug-likeness (QED) is 0.627. The summed E-state index contributed by atoms with van der Waals surface area (Å²) in [5, 5.41) is 4.35. The minimum absolute atomic E-state index is 0.105. The zero-order valence-electron chi connectivity index (χ0n) is 17.0. The summed E-state index contributed by atoms with van der Waals surface area (Å²) >= 11 is 6.07. The van der Waals surface area contributed by atoms with Crippen molar-refractivity contribution in [3.05, 3.63) is 62.3 Å². The maximum atomic E-state index is 14.0. The van der Waals surface area contributed by atoms with E-state index in [0.29, 0.717) is 54.3 Å². The van der Waals surface area contributed by atoms with Crippen molar-refractivity contribution in [3.8, 4) is 0 Å². The average Bonchev–Trinajstić information content (AvgIpc) is 3.57. The summed E-state index contributed by atoms with van der Waals surface area (Å²) in [6, 6.07) is 5.26. The Hall–Kier alpha value is -2.46. The lowest BCUT2D eigenvalue weighted by atomic mass is 10.2. The standard InChI is InChI=1S/C21H21ClF4N4O2/c22-16-2-1-3-17(23)14(16)11-28-6-8-29(9-7-28)19(31)12-30-20(32)15(21(24,25)26)10-18(27-30)13-4-5-13/h1-3,10,13H,4-9,11-12H2. The predicted octanol–water partition coefficient (Wildman–Crippen LogP) is 3.28. The molecule has 0 unspecified atom stereocenters. The molecule has 1 amide bonds. The first-order valence-electron chi connectivity index (χ1n) is 10.3. The smallest absolute Gasteiger partial charge is 0.339 e. The highest BCUT2D eigenvalue weighted by Gasteiger charge is 2.38. The number of benzene rings is 1. The van der Waals surface area contributed by atoms with Crippen LogP contribution < -0.4 is 5.56 Å². The van der Waals surface area contributed by atoms with Gasteiger partial charge in [-0.3, -0.25) is 14.5 Å². The molecule has 172 valence electrons. The molecule has 4 rings (SSSR count). The van der Waals surface area contributed by atoms with Crippen molar-refractivity contribution in [1.82, 2.24) is 19.6 Å². The minimum atomic E-state index is -4.81. The molecule has 32 heavy (non-hydrogen) atoms. The van der Waals surface area contributed by atoms with E-state index in [-0.39, 0.29) is 18.2 Å². The van der Waals surface area contributed by atoms with Gasteiger partial charge in [0.25, 0.3) is 5.56 Å². The number of hydrogen-bond acceptors (Lipinski definition) is 4. The second kappa shape index (κ2) is 8.82. The van der Waals surface area contributed by atoms with E-state index in [1.807, 2.05) is 4.90 Å². The Bertz CT molecular complexity index is 1060. The Morgan fingerprint density at radius 3 is 2.44 bits per heavy atom. The third-order valence-electron chi connectivity index (χ3n) is 5.75. The molecule has 11 heteroatoms. The van der Waals surface area contributed by atoms with Gasteiger partial charge in [0.1, 0.15) is 17.9 Å². The van der Waals surface area contributed by atoms with Crippen LogP contribution in [0, 0.1) is 5.82 Å². The number of hydrogen-bond donors (Lipinski definition) is 0. The highest BCUT2D eigenvalue weighted by molar-refractivity contribution is 6.31. The topological polar surface area (TPSA) is 58.4 Å². The van der Waals surface area contributed by atoms with Crippen LogP contribution in [0.1, 0.15) is 35.6 Å². The first-order chi connectivity index (χ1) is 15.1. The molecule has 0 N–H and O–H groups in total. The summed E-state index contributed by atoms with van der Waals surface area (Å²) in [4.78, 5) is 28.4. The molecular weight excluding hydrogens is 452 g/mol. The fourth-order valence-electron chi connectivity index (χ4n) is 3.74. The number of carbonyl (C=O) groups excluding carboxylic acids is 1. The van der Waals surface area contributed by atoms with Crippen LogP contribution in [0.2, 0.25) is 5.02 Å². The molecule has 2 aliphatic rings. The van der Waals surface area contributed by atoms with Crippen molar-refractivity contribution in [2.45, 2.75) is 38.0 Å². The first kappa shape index (κ1) is 22.7. The molecular formula is C21H21ClF4N4O2. The van der Waals surface area contributed by atoms with Crippen molar-refractivity contribution < 1.29 is 22.4 Å². The summed E-state index contributed by atoms with van der Waals surface area (Å²) in [6.45, 7) is 1.21. The molecule has 6 nitrogen and oxygen atoms in total. The highest BCUT2D eigenvalue weighted by atomic mass is 35.5. The van der Waals surface area contributed by atoms with Crippen LogP contribution in [0.3, 0.4) is 0 Å². The number of amides is 1. The molecule has 1 saturated carbocycles. The molecule has 2 fully saturated rings. The molecule has 1 aromatic heterocycles. The Kier molecular flexibility index (Phi) is 6.26. The zero-order chi connectivity index (χ0) is 23.0. The van der Waals surface area contributed by atoms with Gasteiger partial charge in [-0.25, -0.2) is 9.07 Å². The molecule has 0 spiro atoms. The van der Waals surface area contributed by atoms with Crippen LogP contribution in [-0.4, -0.2) is 51.7 Å². The van der Waals surface area contributed by atoms with E-state index in [1.165, 1.54) is 17.0 Å². The van der Waals surface area contributed by atoms with Crippen LogP contribution in [0.5, 0.6) is 0 Å². The number of aromatic nitrogens is 2. The van der Waals surface area contributed by atoms with Crippen molar-refractivity contribution in [3.63, 3.8) is 0 Å². The van der Waals surface area contributed by atoms with Crippen LogP contribution in [0.4, 0.5) is 17.6 Å². The monoisotopic (exact) mass is 472 g/mol. The van der Waals surface area contributed by atoms with Gasteiger partial charge in [-0.1, -0.05) is 17.7 Å². The van der Waals surface area contributed by atoms with Gasteiger partial charge in [0.2, 0.25) is 5.91 Å². The molecule has 1 saturated heterocycles. The second-order valence-electron chi connectivity index (χ2n) is 8.07. The van der Waals surface area contributed by atoms with Crippen LogP contribution >= 0.6 is 11.6 Å². The zero-order valence-corrected chi connectivity index (χ0v) is 17.8. The van der Waals surface area contributed by atoms with Gasteiger partial charge in [-0.2, -0.15) is 18.3 Å². The van der Waals surface area contributed by atoms with Crippen molar-refractivity contribution in [1.29, 1.82) is 0 Å². The Morgan fingerprint density at radius 2 is 1.84 bits per heavy atom. The number of alkyl halides is 3. The maximum absolute atomic E-state index is 14.0. The minimum Gasteiger partial charge on any atom is -0.339 e. The maximum Gasteiger partial charge on any atom is 0.421 e. The Morgan fingerprint density at radius 1 is 1.16 bits per heavy atom. The van der Waals surface area contributed by atoms with E-state index in [2.05, 4.69) is 5.10 Å². The lowest BCUT2D eigenvalue weighted by Crippen LogP contribution is -2.50. The molecule has 1 aromatic carbocycles. The Balaban J connectivity index is 1.42. The number of rotatable bonds is 5. The largest absolute Gasteiger partial charge is 0.421 e. The van der Waals surface area contributed by atoms with E-state index in [4.69, 9.17) is 11.6 Å². The predicted molar refractivity (Wildman–Crippen MR) is 109 cm³/mol. The Labute approximate surface area is 186 Å². The van der Waals surface area contributed by atoms with Gasteiger partial charge < -0.3 is 4.90 Å². The highest BCUT2D eigenvalue weighted by Crippen LogP contribution is 2.40. The summed E-state index contributed by atoms with van der Waals surface area (Å²) in [5.41, 5.74) is -2.05. The molecule has 0 radical (unpaired) electrons. The first-order valence-corrected chi connectivity index (χ1v) is 10.6. The molecule has 0 bridgehead atoms. The third-order valence-corrected chi connectivity index (χ3v) is 6.10. The van der Waals surface area contributed by atoms with Gasteiger partial charge >= 0.3 is 6.18 Å².